The van der Waals surface area contributed by atoms with Crippen LogP contribution in [0.3, 0.4) is 0 Å². The van der Waals surface area contributed by atoms with E-state index in [4.69, 9.17) is 5.26 Å². The average Bonchev–Trinajstić information content (AvgIpc) is 2.46. The Balaban J connectivity index is 1.99. The number of nitriles is 1. The van der Waals surface area contributed by atoms with Crippen molar-refractivity contribution in [3.63, 3.8) is 0 Å². The molecule has 0 unspecified atom stereocenters. The van der Waals surface area contributed by atoms with Crippen LogP contribution in [0.5, 0.6) is 0 Å². The molecule has 0 saturated carbocycles. The lowest BCUT2D eigenvalue weighted by Gasteiger charge is -2.03. The summed E-state index contributed by atoms with van der Waals surface area (Å²) < 4.78 is 0. The van der Waals surface area contributed by atoms with Gasteiger partial charge in [0.25, 0.3) is 5.69 Å². The van der Waals surface area contributed by atoms with Crippen molar-refractivity contribution in [2.24, 2.45) is 0 Å². The van der Waals surface area contributed by atoms with E-state index in [9.17, 15) is 10.1 Å². The summed E-state index contributed by atoms with van der Waals surface area (Å²) in [6.07, 6.45) is 0.413. The van der Waals surface area contributed by atoms with Crippen molar-refractivity contribution in [1.82, 2.24) is 0 Å². The summed E-state index contributed by atoms with van der Waals surface area (Å²) in [6.45, 7) is 0. The van der Waals surface area contributed by atoms with Gasteiger partial charge < -0.3 is 0 Å². The maximum atomic E-state index is 10.6. The first-order valence-corrected chi connectivity index (χ1v) is 6.99. The molecule has 2 aromatic rings. The van der Waals surface area contributed by atoms with Gasteiger partial charge in [-0.25, -0.2) is 0 Å². The van der Waals surface area contributed by atoms with Crippen molar-refractivity contribution in [2.45, 2.75) is 17.1 Å². The monoisotopic (exact) mass is 284 g/mol. The molecule has 2 aromatic carbocycles. The number of nitrogens with zero attached hydrogens (tertiary/aromatic N) is 2. The molecular formula is C15H12N2O2S. The number of nitro benzene ring substituents is 1. The van der Waals surface area contributed by atoms with E-state index >= 15 is 0 Å². The minimum absolute atomic E-state index is 0.102. The number of thioether (sulfide) groups is 1. The summed E-state index contributed by atoms with van der Waals surface area (Å²) >= 11 is 1.62. The fourth-order valence-electron chi connectivity index (χ4n) is 1.75. The number of hydrogen-bond donors (Lipinski definition) is 0. The van der Waals surface area contributed by atoms with Crippen LogP contribution in [0.25, 0.3) is 0 Å². The minimum atomic E-state index is -0.403. The first-order valence-electron chi connectivity index (χ1n) is 6.01. The van der Waals surface area contributed by atoms with E-state index in [1.165, 1.54) is 12.1 Å². The molecule has 0 radical (unpaired) electrons. The number of non-ortho nitro benzene ring substituents is 1. The second-order valence-electron chi connectivity index (χ2n) is 4.19. The SMILES string of the molecule is N#CCc1cccc(CSc2ccc([N+](=O)[O-])cc2)c1. The largest absolute Gasteiger partial charge is 0.269 e. The number of rotatable bonds is 5. The second-order valence-corrected chi connectivity index (χ2v) is 5.24. The predicted octanol–water partition coefficient (Wildman–Crippen LogP) is 3.95. The van der Waals surface area contributed by atoms with Crippen LogP contribution in [-0.4, -0.2) is 4.92 Å². The maximum Gasteiger partial charge on any atom is 0.269 e. The van der Waals surface area contributed by atoms with E-state index in [1.807, 2.05) is 24.3 Å². The molecule has 5 heteroatoms. The third-order valence-electron chi connectivity index (χ3n) is 2.73. The molecule has 0 aliphatic heterocycles. The van der Waals surface area contributed by atoms with Gasteiger partial charge in [0.05, 0.1) is 17.4 Å². The highest BCUT2D eigenvalue weighted by Crippen LogP contribution is 2.25. The Morgan fingerprint density at radius 3 is 2.50 bits per heavy atom. The van der Waals surface area contributed by atoms with Crippen molar-refractivity contribution in [2.75, 3.05) is 0 Å². The molecular weight excluding hydrogens is 272 g/mol. The van der Waals surface area contributed by atoms with Gasteiger partial charge in [0.1, 0.15) is 0 Å². The van der Waals surface area contributed by atoms with Gasteiger partial charge in [-0.2, -0.15) is 5.26 Å². The van der Waals surface area contributed by atoms with E-state index in [0.29, 0.717) is 6.42 Å². The van der Waals surface area contributed by atoms with Crippen molar-refractivity contribution >= 4 is 17.4 Å². The van der Waals surface area contributed by atoms with Crippen LogP contribution in [0.15, 0.2) is 53.4 Å². The van der Waals surface area contributed by atoms with Crippen LogP contribution in [0.1, 0.15) is 11.1 Å². The van der Waals surface area contributed by atoms with Gasteiger partial charge in [0.15, 0.2) is 0 Å². The van der Waals surface area contributed by atoms with E-state index < -0.39 is 4.92 Å². The predicted molar refractivity (Wildman–Crippen MR) is 78.4 cm³/mol. The molecule has 0 N–H and O–H groups in total. The molecule has 20 heavy (non-hydrogen) atoms. The van der Waals surface area contributed by atoms with Crippen molar-refractivity contribution in [3.8, 4) is 6.07 Å². The van der Waals surface area contributed by atoms with E-state index in [2.05, 4.69) is 6.07 Å². The summed E-state index contributed by atoms with van der Waals surface area (Å²) in [4.78, 5) is 11.1. The third-order valence-corrected chi connectivity index (χ3v) is 3.81. The Morgan fingerprint density at radius 1 is 1.15 bits per heavy atom. The van der Waals surface area contributed by atoms with Gasteiger partial charge in [0.2, 0.25) is 0 Å². The molecule has 0 aliphatic carbocycles. The summed E-state index contributed by atoms with van der Waals surface area (Å²) in [5, 5.41) is 19.2. The topological polar surface area (TPSA) is 66.9 Å². The molecule has 4 nitrogen and oxygen atoms in total. The maximum absolute atomic E-state index is 10.6. The average molecular weight is 284 g/mol. The molecule has 0 spiro atoms. The summed E-state index contributed by atoms with van der Waals surface area (Å²) in [6, 6.07) is 16.6. The van der Waals surface area contributed by atoms with Gasteiger partial charge >= 0.3 is 0 Å². The zero-order valence-corrected chi connectivity index (χ0v) is 11.5. The fourth-order valence-corrected chi connectivity index (χ4v) is 2.59. The number of nitro groups is 1. The lowest BCUT2D eigenvalue weighted by Crippen LogP contribution is -1.87. The van der Waals surface area contributed by atoms with E-state index in [1.54, 1.807) is 23.9 Å². The van der Waals surface area contributed by atoms with Crippen molar-refractivity contribution < 1.29 is 4.92 Å². The Labute approximate surface area is 121 Å². The Kier molecular flexibility index (Phi) is 4.75. The zero-order valence-electron chi connectivity index (χ0n) is 10.7. The fraction of sp³-hybridized carbons (Fsp3) is 0.133. The Hall–Kier alpha value is -2.32. The van der Waals surface area contributed by atoms with Crippen molar-refractivity contribution in [3.05, 3.63) is 69.8 Å². The zero-order chi connectivity index (χ0) is 14.4. The molecule has 0 heterocycles. The third kappa shape index (κ3) is 3.84. The minimum Gasteiger partial charge on any atom is -0.258 e. The van der Waals surface area contributed by atoms with Gasteiger partial charge in [-0.3, -0.25) is 10.1 Å². The molecule has 0 aromatic heterocycles. The van der Waals surface area contributed by atoms with Gasteiger partial charge in [-0.15, -0.1) is 11.8 Å². The highest BCUT2D eigenvalue weighted by Gasteiger charge is 2.04. The first-order chi connectivity index (χ1) is 9.69. The Morgan fingerprint density at radius 2 is 1.85 bits per heavy atom. The summed E-state index contributed by atoms with van der Waals surface area (Å²) in [5.74, 6) is 0.775. The second kappa shape index (κ2) is 6.73. The van der Waals surface area contributed by atoms with Crippen LogP contribution in [0.2, 0.25) is 0 Å². The lowest BCUT2D eigenvalue weighted by atomic mass is 10.1. The van der Waals surface area contributed by atoms with Gasteiger partial charge in [-0.05, 0) is 23.3 Å². The summed E-state index contributed by atoms with van der Waals surface area (Å²) in [5.41, 5.74) is 2.25. The smallest absolute Gasteiger partial charge is 0.258 e. The first kappa shape index (κ1) is 14.1. The normalized spacial score (nSPS) is 9.95. The number of benzene rings is 2. The molecule has 100 valence electrons. The highest BCUT2D eigenvalue weighted by atomic mass is 32.2. The molecule has 2 rings (SSSR count). The lowest BCUT2D eigenvalue weighted by molar-refractivity contribution is -0.384. The van der Waals surface area contributed by atoms with Gasteiger partial charge in [-0.1, -0.05) is 24.3 Å². The van der Waals surface area contributed by atoms with E-state index in [-0.39, 0.29) is 5.69 Å². The van der Waals surface area contributed by atoms with Crippen LogP contribution in [0, 0.1) is 21.4 Å². The molecule has 0 bridgehead atoms. The quantitative estimate of drug-likeness (QED) is 0.473. The Bertz CT molecular complexity index is 648. The molecule has 0 aliphatic rings. The van der Waals surface area contributed by atoms with Crippen LogP contribution >= 0.6 is 11.8 Å². The van der Waals surface area contributed by atoms with E-state index in [0.717, 1.165) is 21.8 Å². The van der Waals surface area contributed by atoms with Crippen LogP contribution in [0.4, 0.5) is 5.69 Å². The summed E-state index contributed by atoms with van der Waals surface area (Å²) in [7, 11) is 0. The highest BCUT2D eigenvalue weighted by molar-refractivity contribution is 7.98. The van der Waals surface area contributed by atoms with Gasteiger partial charge in [0, 0.05) is 22.8 Å². The molecule has 0 saturated heterocycles. The van der Waals surface area contributed by atoms with Crippen molar-refractivity contribution in [1.29, 1.82) is 5.26 Å². The standard InChI is InChI=1S/C15H12N2O2S/c16-9-8-12-2-1-3-13(10-12)11-20-15-6-4-14(5-7-15)17(18)19/h1-7,10H,8,11H2. The molecule has 0 amide bonds. The number of hydrogen-bond acceptors (Lipinski definition) is 4. The molecule has 0 fully saturated rings. The van der Waals surface area contributed by atoms with Crippen LogP contribution in [-0.2, 0) is 12.2 Å². The molecule has 0 atom stereocenters. The van der Waals surface area contributed by atoms with Crippen LogP contribution < -0.4 is 0 Å².